The number of carbonyl (C=O) groups excluding carboxylic acids is 1. The van der Waals surface area contributed by atoms with Gasteiger partial charge in [-0.25, -0.2) is 0 Å². The Morgan fingerprint density at radius 1 is 1.45 bits per heavy atom. The minimum Gasteiger partial charge on any atom is -0.365 e. The van der Waals surface area contributed by atoms with Gasteiger partial charge in [-0.15, -0.1) is 0 Å². The first-order valence-electron chi connectivity index (χ1n) is 7.33. The monoisotopic (exact) mass is 302 g/mol. The Labute approximate surface area is 128 Å². The maximum Gasteiger partial charge on any atom is 0.252 e. The zero-order valence-electron chi connectivity index (χ0n) is 12.4. The van der Waals surface area contributed by atoms with Crippen molar-refractivity contribution in [3.05, 3.63) is 30.4 Å². The average molecular weight is 302 g/mol. The number of nitrogens with one attached hydrogen (secondary N) is 1. The second-order valence-electron chi connectivity index (χ2n) is 5.47. The Hall–Kier alpha value is -2.28. The summed E-state index contributed by atoms with van der Waals surface area (Å²) >= 11 is 0. The number of hydrogen-bond donors (Lipinski definition) is 1. The van der Waals surface area contributed by atoms with Crippen LogP contribution in [0.15, 0.2) is 29.0 Å². The molecule has 2 aromatic rings. The Balaban J connectivity index is 1.60. The van der Waals surface area contributed by atoms with Crippen LogP contribution in [0.25, 0.3) is 11.4 Å². The number of aromatic nitrogens is 3. The first-order valence-corrected chi connectivity index (χ1v) is 7.33. The summed E-state index contributed by atoms with van der Waals surface area (Å²) in [6.45, 7) is 2.62. The van der Waals surface area contributed by atoms with Gasteiger partial charge in [0, 0.05) is 24.6 Å². The van der Waals surface area contributed by atoms with Gasteiger partial charge in [0.25, 0.3) is 5.91 Å². The molecule has 0 bridgehead atoms. The topological polar surface area (TPSA) is 90.1 Å². The first kappa shape index (κ1) is 14.6. The van der Waals surface area contributed by atoms with Crippen molar-refractivity contribution in [2.24, 2.45) is 0 Å². The lowest BCUT2D eigenvalue weighted by atomic mass is 9.95. The molecule has 0 aromatic carbocycles. The first-order chi connectivity index (χ1) is 10.7. The summed E-state index contributed by atoms with van der Waals surface area (Å²) in [6.07, 6.45) is 6.06. The van der Waals surface area contributed by atoms with E-state index in [9.17, 15) is 4.79 Å². The Bertz CT molecular complexity index is 635. The van der Waals surface area contributed by atoms with Crippen LogP contribution in [0, 0.1) is 0 Å². The molecule has 0 saturated carbocycles. The summed E-state index contributed by atoms with van der Waals surface area (Å²) < 4.78 is 10.7. The SMILES string of the molecule is C[C@]1(C(=O)NCc2nc(-c3cccnc3)no2)CCCCO1. The van der Waals surface area contributed by atoms with Gasteiger partial charge in [-0.2, -0.15) is 4.98 Å². The molecule has 2 aromatic heterocycles. The van der Waals surface area contributed by atoms with Crippen molar-refractivity contribution in [2.75, 3.05) is 6.61 Å². The van der Waals surface area contributed by atoms with Crippen LogP contribution in [-0.2, 0) is 16.1 Å². The quantitative estimate of drug-likeness (QED) is 0.924. The van der Waals surface area contributed by atoms with E-state index in [1.807, 2.05) is 13.0 Å². The Morgan fingerprint density at radius 3 is 3.09 bits per heavy atom. The van der Waals surface area contributed by atoms with E-state index in [1.54, 1.807) is 18.5 Å². The van der Waals surface area contributed by atoms with Gasteiger partial charge in [0.05, 0.1) is 6.54 Å². The smallest absolute Gasteiger partial charge is 0.252 e. The van der Waals surface area contributed by atoms with Crippen molar-refractivity contribution >= 4 is 5.91 Å². The van der Waals surface area contributed by atoms with E-state index >= 15 is 0 Å². The van der Waals surface area contributed by atoms with Crippen LogP contribution in [0.4, 0.5) is 0 Å². The number of hydrogen-bond acceptors (Lipinski definition) is 6. The van der Waals surface area contributed by atoms with Crippen LogP contribution in [0.1, 0.15) is 32.1 Å². The third-order valence-electron chi connectivity index (χ3n) is 3.74. The molecule has 3 rings (SSSR count). The molecule has 0 unspecified atom stereocenters. The molecule has 7 heteroatoms. The van der Waals surface area contributed by atoms with E-state index in [-0.39, 0.29) is 12.5 Å². The summed E-state index contributed by atoms with van der Waals surface area (Å²) in [7, 11) is 0. The zero-order valence-corrected chi connectivity index (χ0v) is 12.4. The highest BCUT2D eigenvalue weighted by Crippen LogP contribution is 2.24. The molecule has 0 aliphatic carbocycles. The number of ether oxygens (including phenoxy) is 1. The average Bonchev–Trinajstić information content (AvgIpc) is 3.03. The van der Waals surface area contributed by atoms with Crippen LogP contribution in [0.3, 0.4) is 0 Å². The summed E-state index contributed by atoms with van der Waals surface area (Å²) in [4.78, 5) is 20.5. The molecule has 1 saturated heterocycles. The number of nitrogens with zero attached hydrogens (tertiary/aromatic N) is 3. The van der Waals surface area contributed by atoms with Gasteiger partial charge in [0.15, 0.2) is 0 Å². The lowest BCUT2D eigenvalue weighted by Gasteiger charge is -2.32. The highest BCUT2D eigenvalue weighted by molar-refractivity contribution is 5.84. The maximum absolute atomic E-state index is 12.2. The molecular weight excluding hydrogens is 284 g/mol. The maximum atomic E-state index is 12.2. The van der Waals surface area contributed by atoms with Gasteiger partial charge in [-0.05, 0) is 38.3 Å². The molecule has 0 radical (unpaired) electrons. The van der Waals surface area contributed by atoms with Crippen LogP contribution in [-0.4, -0.2) is 33.2 Å². The summed E-state index contributed by atoms with van der Waals surface area (Å²) in [5, 5.41) is 6.68. The molecule has 22 heavy (non-hydrogen) atoms. The Kier molecular flexibility index (Phi) is 4.15. The zero-order chi connectivity index (χ0) is 15.4. The number of rotatable bonds is 4. The summed E-state index contributed by atoms with van der Waals surface area (Å²) in [5.74, 6) is 0.664. The molecule has 1 aliphatic rings. The number of pyridine rings is 1. The van der Waals surface area contributed by atoms with E-state index in [1.165, 1.54) is 0 Å². The Morgan fingerprint density at radius 2 is 2.36 bits per heavy atom. The molecule has 1 aliphatic heterocycles. The molecule has 0 spiro atoms. The van der Waals surface area contributed by atoms with Crippen molar-refractivity contribution in [1.82, 2.24) is 20.4 Å². The number of amides is 1. The van der Waals surface area contributed by atoms with Crippen molar-refractivity contribution < 1.29 is 14.1 Å². The second-order valence-corrected chi connectivity index (χ2v) is 5.47. The molecular formula is C15H18N4O3. The molecule has 7 nitrogen and oxygen atoms in total. The van der Waals surface area contributed by atoms with Crippen molar-refractivity contribution in [3.8, 4) is 11.4 Å². The minimum atomic E-state index is -0.759. The normalized spacial score (nSPS) is 21.5. The van der Waals surface area contributed by atoms with Gasteiger partial charge in [-0.3, -0.25) is 9.78 Å². The van der Waals surface area contributed by atoms with Crippen molar-refractivity contribution in [3.63, 3.8) is 0 Å². The molecule has 116 valence electrons. The lowest BCUT2D eigenvalue weighted by molar-refractivity contribution is -0.150. The second kappa shape index (κ2) is 6.23. The molecule has 1 fully saturated rings. The minimum absolute atomic E-state index is 0.145. The highest BCUT2D eigenvalue weighted by atomic mass is 16.5. The van der Waals surface area contributed by atoms with Crippen molar-refractivity contribution in [2.45, 2.75) is 38.3 Å². The molecule has 1 amide bonds. The van der Waals surface area contributed by atoms with Gasteiger partial charge in [0.1, 0.15) is 5.60 Å². The summed E-state index contributed by atoms with van der Waals surface area (Å²) in [5.41, 5.74) is 0.0103. The third-order valence-corrected chi connectivity index (χ3v) is 3.74. The number of carbonyl (C=O) groups is 1. The van der Waals surface area contributed by atoms with Gasteiger partial charge in [0.2, 0.25) is 11.7 Å². The fourth-order valence-corrected chi connectivity index (χ4v) is 2.39. The third kappa shape index (κ3) is 3.14. The fourth-order valence-electron chi connectivity index (χ4n) is 2.39. The van der Waals surface area contributed by atoms with E-state index in [0.29, 0.717) is 18.3 Å². The van der Waals surface area contributed by atoms with E-state index in [0.717, 1.165) is 24.8 Å². The largest absolute Gasteiger partial charge is 0.365 e. The van der Waals surface area contributed by atoms with Gasteiger partial charge in [-0.1, -0.05) is 5.16 Å². The van der Waals surface area contributed by atoms with E-state index < -0.39 is 5.60 Å². The van der Waals surface area contributed by atoms with E-state index in [4.69, 9.17) is 9.26 Å². The van der Waals surface area contributed by atoms with Crippen LogP contribution in [0.5, 0.6) is 0 Å². The van der Waals surface area contributed by atoms with E-state index in [2.05, 4.69) is 20.4 Å². The van der Waals surface area contributed by atoms with Crippen molar-refractivity contribution in [1.29, 1.82) is 0 Å². The molecule has 1 atom stereocenters. The van der Waals surface area contributed by atoms with Crippen LogP contribution >= 0.6 is 0 Å². The summed E-state index contributed by atoms with van der Waals surface area (Å²) in [6, 6.07) is 3.64. The van der Waals surface area contributed by atoms with Gasteiger partial charge >= 0.3 is 0 Å². The van der Waals surface area contributed by atoms with Crippen LogP contribution in [0.2, 0.25) is 0 Å². The highest BCUT2D eigenvalue weighted by Gasteiger charge is 2.35. The predicted octanol–water partition coefficient (Wildman–Crippen LogP) is 1.71. The van der Waals surface area contributed by atoms with Gasteiger partial charge < -0.3 is 14.6 Å². The standard InChI is InChI=1S/C15H18N4O3/c1-15(6-2-3-8-21-15)14(20)17-10-12-18-13(19-22-12)11-5-4-7-16-9-11/h4-5,7,9H,2-3,6,8,10H2,1H3,(H,17,20)/t15-/m1/s1. The fraction of sp³-hybridized carbons (Fsp3) is 0.467. The lowest BCUT2D eigenvalue weighted by Crippen LogP contribution is -2.48. The predicted molar refractivity (Wildman–Crippen MR) is 77.6 cm³/mol. The molecule has 3 heterocycles. The van der Waals surface area contributed by atoms with Crippen LogP contribution < -0.4 is 5.32 Å². The molecule has 1 N–H and O–H groups in total.